The lowest BCUT2D eigenvalue weighted by Crippen LogP contribution is -2.49. The maximum absolute atomic E-state index is 15.3. The van der Waals surface area contributed by atoms with Crippen LogP contribution in [0.2, 0.25) is 5.02 Å². The quantitative estimate of drug-likeness (QED) is 0.473. The Hall–Kier alpha value is -3.01. The van der Waals surface area contributed by atoms with Gasteiger partial charge in [-0.3, -0.25) is 4.79 Å². The van der Waals surface area contributed by atoms with E-state index in [4.69, 9.17) is 16.3 Å². The summed E-state index contributed by atoms with van der Waals surface area (Å²) in [6.45, 7) is 4.19. The summed E-state index contributed by atoms with van der Waals surface area (Å²) in [7, 11) is 1.54. The highest BCUT2D eigenvalue weighted by Crippen LogP contribution is 2.36. The standard InChI is InChI=1S/C25H27ClF2N4O3/c1-14(2)30-24-23(28)22(20(26)8-29-24)17-7-21-25(34)32(19(13-35-3)11-31(21)9-17)10-16-6-18(27)5-4-15(16)12-33/h4-9,14,19,33H,10-13H2,1-3H3,(H,29,30). The van der Waals surface area contributed by atoms with Gasteiger partial charge >= 0.3 is 0 Å². The molecular formula is C25H27ClF2N4O3. The molecule has 35 heavy (non-hydrogen) atoms. The number of halogens is 3. The van der Waals surface area contributed by atoms with Gasteiger partial charge in [-0.15, -0.1) is 0 Å². The first kappa shape index (κ1) is 25.1. The van der Waals surface area contributed by atoms with E-state index in [9.17, 15) is 14.3 Å². The van der Waals surface area contributed by atoms with Gasteiger partial charge in [-0.25, -0.2) is 13.8 Å². The smallest absolute Gasteiger partial charge is 0.271 e. The molecule has 1 aromatic carbocycles. The third-order valence-corrected chi connectivity index (χ3v) is 6.24. The average Bonchev–Trinajstić information content (AvgIpc) is 3.22. The van der Waals surface area contributed by atoms with E-state index >= 15 is 4.39 Å². The fraction of sp³-hybridized carbons (Fsp3) is 0.360. The number of nitrogens with one attached hydrogen (secondary N) is 1. The molecule has 1 aliphatic heterocycles. The third kappa shape index (κ3) is 5.03. The Kier molecular flexibility index (Phi) is 7.39. The Balaban J connectivity index is 1.73. The van der Waals surface area contributed by atoms with Crippen molar-refractivity contribution < 1.29 is 23.4 Å². The fourth-order valence-corrected chi connectivity index (χ4v) is 4.58. The van der Waals surface area contributed by atoms with Crippen molar-refractivity contribution in [2.24, 2.45) is 0 Å². The number of ether oxygens (including phenoxy) is 1. The number of carbonyl (C=O) groups is 1. The Bertz CT molecular complexity index is 1250. The van der Waals surface area contributed by atoms with Crippen molar-refractivity contribution >= 4 is 23.3 Å². The molecule has 3 heterocycles. The monoisotopic (exact) mass is 504 g/mol. The van der Waals surface area contributed by atoms with Crippen LogP contribution in [0.25, 0.3) is 11.1 Å². The first-order valence-electron chi connectivity index (χ1n) is 11.2. The summed E-state index contributed by atoms with van der Waals surface area (Å²) in [5.41, 5.74) is 1.99. The molecule has 2 aromatic heterocycles. The summed E-state index contributed by atoms with van der Waals surface area (Å²) in [5.74, 6) is -1.29. The maximum atomic E-state index is 15.3. The van der Waals surface area contributed by atoms with Gasteiger partial charge in [0.2, 0.25) is 0 Å². The molecule has 0 aliphatic carbocycles. The van der Waals surface area contributed by atoms with Crippen LogP contribution in [0.3, 0.4) is 0 Å². The van der Waals surface area contributed by atoms with Crippen LogP contribution in [0, 0.1) is 11.6 Å². The lowest BCUT2D eigenvalue weighted by atomic mass is 10.0. The zero-order valence-corrected chi connectivity index (χ0v) is 20.4. The Morgan fingerprint density at radius 3 is 2.74 bits per heavy atom. The molecule has 0 bridgehead atoms. The molecule has 0 saturated carbocycles. The molecule has 1 amide bonds. The summed E-state index contributed by atoms with van der Waals surface area (Å²) >= 11 is 6.32. The maximum Gasteiger partial charge on any atom is 0.271 e. The molecule has 4 rings (SSSR count). The van der Waals surface area contributed by atoms with Gasteiger partial charge in [0.15, 0.2) is 11.6 Å². The number of hydrogen-bond acceptors (Lipinski definition) is 5. The van der Waals surface area contributed by atoms with Gasteiger partial charge < -0.3 is 24.6 Å². The van der Waals surface area contributed by atoms with Crippen molar-refractivity contribution in [2.45, 2.75) is 45.6 Å². The van der Waals surface area contributed by atoms with E-state index < -0.39 is 11.6 Å². The van der Waals surface area contributed by atoms with Crippen LogP contribution in [0.1, 0.15) is 35.5 Å². The molecule has 0 fully saturated rings. The van der Waals surface area contributed by atoms with Crippen molar-refractivity contribution in [1.82, 2.24) is 14.5 Å². The van der Waals surface area contributed by atoms with E-state index in [1.807, 2.05) is 13.8 Å². The van der Waals surface area contributed by atoms with Gasteiger partial charge in [0, 0.05) is 49.8 Å². The van der Waals surface area contributed by atoms with E-state index in [1.165, 1.54) is 31.5 Å². The second-order valence-corrected chi connectivity index (χ2v) is 9.23. The average molecular weight is 505 g/mol. The van der Waals surface area contributed by atoms with Gasteiger partial charge in [-0.1, -0.05) is 17.7 Å². The highest BCUT2D eigenvalue weighted by atomic mass is 35.5. The number of aliphatic hydroxyl groups is 1. The molecule has 0 spiro atoms. The second-order valence-electron chi connectivity index (χ2n) is 8.82. The molecule has 3 aromatic rings. The van der Waals surface area contributed by atoms with Crippen molar-refractivity contribution in [3.8, 4) is 11.1 Å². The molecular weight excluding hydrogens is 478 g/mol. The SMILES string of the molecule is COCC1Cn2cc(-c3c(Cl)cnc(NC(C)C)c3F)cc2C(=O)N1Cc1cc(F)ccc1CO. The lowest BCUT2D eigenvalue weighted by molar-refractivity contribution is 0.0386. The van der Waals surface area contributed by atoms with Gasteiger partial charge in [0.25, 0.3) is 5.91 Å². The molecule has 0 radical (unpaired) electrons. The largest absolute Gasteiger partial charge is 0.392 e. The van der Waals surface area contributed by atoms with Crippen LogP contribution in [0.5, 0.6) is 0 Å². The topological polar surface area (TPSA) is 79.6 Å². The predicted molar refractivity (Wildman–Crippen MR) is 129 cm³/mol. The second kappa shape index (κ2) is 10.3. The molecule has 7 nitrogen and oxygen atoms in total. The number of methoxy groups -OCH3 is 1. The van der Waals surface area contributed by atoms with Gasteiger partial charge in [-0.2, -0.15) is 0 Å². The van der Waals surface area contributed by atoms with Gasteiger partial charge in [-0.05, 0) is 43.2 Å². The van der Waals surface area contributed by atoms with Gasteiger partial charge in [0.05, 0.1) is 24.3 Å². The Labute approximate surface area is 207 Å². The molecule has 1 aliphatic rings. The highest BCUT2D eigenvalue weighted by molar-refractivity contribution is 6.33. The molecule has 10 heteroatoms. The van der Waals surface area contributed by atoms with Crippen LogP contribution >= 0.6 is 11.6 Å². The zero-order valence-electron chi connectivity index (χ0n) is 19.7. The summed E-state index contributed by atoms with van der Waals surface area (Å²) in [6, 6.07) is 5.29. The highest BCUT2D eigenvalue weighted by Gasteiger charge is 2.34. The van der Waals surface area contributed by atoms with Crippen LogP contribution in [-0.2, 0) is 24.4 Å². The summed E-state index contributed by atoms with van der Waals surface area (Å²) in [5, 5.41) is 12.8. The number of pyridine rings is 1. The van der Waals surface area contributed by atoms with E-state index in [0.29, 0.717) is 28.9 Å². The Morgan fingerprint density at radius 1 is 1.29 bits per heavy atom. The first-order valence-corrected chi connectivity index (χ1v) is 11.6. The predicted octanol–water partition coefficient (Wildman–Crippen LogP) is 4.47. The van der Waals surface area contributed by atoms with Crippen LogP contribution in [-0.4, -0.2) is 51.3 Å². The molecule has 1 unspecified atom stereocenters. The number of anilines is 1. The minimum atomic E-state index is -0.598. The van der Waals surface area contributed by atoms with Crippen LogP contribution < -0.4 is 5.32 Å². The lowest BCUT2D eigenvalue weighted by Gasteiger charge is -2.36. The van der Waals surface area contributed by atoms with Crippen molar-refractivity contribution in [3.05, 3.63) is 70.1 Å². The third-order valence-electron chi connectivity index (χ3n) is 5.95. The number of aromatic nitrogens is 2. The van der Waals surface area contributed by atoms with E-state index in [0.717, 1.165) is 0 Å². The first-order chi connectivity index (χ1) is 16.7. The van der Waals surface area contributed by atoms with Crippen molar-refractivity contribution in [2.75, 3.05) is 19.0 Å². The zero-order chi connectivity index (χ0) is 25.3. The van der Waals surface area contributed by atoms with Crippen LogP contribution in [0.15, 0.2) is 36.7 Å². The number of aliphatic hydroxyl groups excluding tert-OH is 1. The van der Waals surface area contributed by atoms with E-state index in [-0.39, 0.29) is 54.2 Å². The minimum Gasteiger partial charge on any atom is -0.392 e. The number of nitrogens with zero attached hydrogens (tertiary/aromatic N) is 3. The van der Waals surface area contributed by atoms with Crippen molar-refractivity contribution in [1.29, 1.82) is 0 Å². The Morgan fingerprint density at radius 2 is 2.06 bits per heavy atom. The number of rotatable bonds is 8. The van der Waals surface area contributed by atoms with E-state index in [1.54, 1.807) is 21.7 Å². The number of amides is 1. The normalized spacial score (nSPS) is 15.6. The number of fused-ring (bicyclic) bond motifs is 1. The number of benzene rings is 1. The fourth-order valence-electron chi connectivity index (χ4n) is 4.34. The molecule has 0 saturated heterocycles. The van der Waals surface area contributed by atoms with E-state index in [2.05, 4.69) is 10.3 Å². The number of carbonyl (C=O) groups excluding carboxylic acids is 1. The summed E-state index contributed by atoms with van der Waals surface area (Å²) in [4.78, 5) is 19.2. The van der Waals surface area contributed by atoms with Crippen LogP contribution in [0.4, 0.5) is 14.6 Å². The minimum absolute atomic E-state index is 0.0372. The summed E-state index contributed by atoms with van der Waals surface area (Å²) < 4.78 is 36.4. The molecule has 186 valence electrons. The van der Waals surface area contributed by atoms with Crippen molar-refractivity contribution in [3.63, 3.8) is 0 Å². The van der Waals surface area contributed by atoms with Gasteiger partial charge in [0.1, 0.15) is 11.5 Å². The summed E-state index contributed by atoms with van der Waals surface area (Å²) in [6.07, 6.45) is 3.07. The molecule has 2 N–H and O–H groups in total. The number of hydrogen-bond donors (Lipinski definition) is 2. The molecule has 1 atom stereocenters.